The largest absolute Gasteiger partial charge is 0.497 e. The molecule has 0 bridgehead atoms. The number of nitrogen functional groups attached to an aromatic ring is 1. The van der Waals surface area contributed by atoms with Crippen molar-refractivity contribution in [3.63, 3.8) is 0 Å². The number of nitrogens with one attached hydrogen (secondary N) is 1. The van der Waals surface area contributed by atoms with Gasteiger partial charge in [-0.3, -0.25) is 0 Å². The van der Waals surface area contributed by atoms with Gasteiger partial charge in [0.15, 0.2) is 5.82 Å². The molecule has 0 fully saturated rings. The summed E-state index contributed by atoms with van der Waals surface area (Å²) in [7, 11) is 1.58. The number of rotatable bonds is 4. The Balaban J connectivity index is 2.14. The van der Waals surface area contributed by atoms with Gasteiger partial charge in [0.05, 0.1) is 18.5 Å². The van der Waals surface area contributed by atoms with Gasteiger partial charge in [0.2, 0.25) is 0 Å². The summed E-state index contributed by atoms with van der Waals surface area (Å²) in [5, 5.41) is 2.90. The van der Waals surface area contributed by atoms with Crippen LogP contribution in [0, 0.1) is 11.6 Å². The molecule has 5 heteroatoms. The van der Waals surface area contributed by atoms with Gasteiger partial charge in [-0.25, -0.2) is 8.78 Å². The number of benzene rings is 2. The number of halogens is 2. The second-order valence-corrected chi connectivity index (χ2v) is 4.05. The third-order valence-corrected chi connectivity index (χ3v) is 2.71. The highest BCUT2D eigenvalue weighted by Crippen LogP contribution is 2.24. The molecule has 2 aromatic rings. The van der Waals surface area contributed by atoms with Crippen LogP contribution in [0.1, 0.15) is 5.56 Å². The van der Waals surface area contributed by atoms with Crippen molar-refractivity contribution in [1.29, 1.82) is 0 Å². The second kappa shape index (κ2) is 5.56. The van der Waals surface area contributed by atoms with E-state index in [1.807, 2.05) is 24.3 Å². The fourth-order valence-corrected chi connectivity index (χ4v) is 1.71. The Morgan fingerprint density at radius 2 is 2.00 bits per heavy atom. The molecule has 0 aliphatic carbocycles. The van der Waals surface area contributed by atoms with E-state index in [4.69, 9.17) is 10.5 Å². The van der Waals surface area contributed by atoms with E-state index in [2.05, 4.69) is 5.32 Å². The van der Waals surface area contributed by atoms with Gasteiger partial charge in [-0.15, -0.1) is 0 Å². The summed E-state index contributed by atoms with van der Waals surface area (Å²) in [6.07, 6.45) is 0. The van der Waals surface area contributed by atoms with Crippen molar-refractivity contribution in [3.8, 4) is 5.75 Å². The first-order chi connectivity index (χ1) is 9.10. The van der Waals surface area contributed by atoms with E-state index in [0.29, 0.717) is 6.54 Å². The first kappa shape index (κ1) is 13.1. The Morgan fingerprint density at radius 1 is 1.21 bits per heavy atom. The van der Waals surface area contributed by atoms with Crippen LogP contribution in [0.3, 0.4) is 0 Å². The summed E-state index contributed by atoms with van der Waals surface area (Å²) in [6.45, 7) is 0.393. The molecule has 0 unspecified atom stereocenters. The minimum absolute atomic E-state index is 0.0932. The maximum Gasteiger partial charge on any atom is 0.151 e. The topological polar surface area (TPSA) is 47.3 Å². The van der Waals surface area contributed by atoms with Crippen molar-refractivity contribution in [2.75, 3.05) is 18.2 Å². The summed E-state index contributed by atoms with van der Waals surface area (Å²) in [4.78, 5) is 0. The monoisotopic (exact) mass is 264 g/mol. The number of ether oxygens (including phenoxy) is 1. The van der Waals surface area contributed by atoms with Gasteiger partial charge < -0.3 is 15.8 Å². The molecule has 0 radical (unpaired) electrons. The van der Waals surface area contributed by atoms with Crippen LogP contribution in [0.5, 0.6) is 5.75 Å². The number of hydrogen-bond donors (Lipinski definition) is 2. The summed E-state index contributed by atoms with van der Waals surface area (Å²) in [5.74, 6) is -0.717. The van der Waals surface area contributed by atoms with Gasteiger partial charge in [-0.1, -0.05) is 12.1 Å². The third kappa shape index (κ3) is 3.13. The lowest BCUT2D eigenvalue weighted by Crippen LogP contribution is -2.05. The van der Waals surface area contributed by atoms with Crippen LogP contribution in [0.2, 0.25) is 0 Å². The molecular weight excluding hydrogens is 250 g/mol. The molecule has 0 aromatic heterocycles. The maximum absolute atomic E-state index is 13.3. The predicted octanol–water partition coefficient (Wildman–Crippen LogP) is 3.17. The SMILES string of the molecule is COc1cccc(CNc2cc(F)cc(F)c2N)c1. The summed E-state index contributed by atoms with van der Waals surface area (Å²) >= 11 is 0. The van der Waals surface area contributed by atoms with Crippen molar-refractivity contribution < 1.29 is 13.5 Å². The number of nitrogens with two attached hydrogens (primary N) is 1. The summed E-state index contributed by atoms with van der Waals surface area (Å²) in [6, 6.07) is 9.29. The average molecular weight is 264 g/mol. The number of methoxy groups -OCH3 is 1. The van der Waals surface area contributed by atoms with E-state index >= 15 is 0 Å². The fourth-order valence-electron chi connectivity index (χ4n) is 1.71. The zero-order valence-electron chi connectivity index (χ0n) is 10.4. The molecule has 0 saturated carbocycles. The van der Waals surface area contributed by atoms with E-state index in [0.717, 1.165) is 17.4 Å². The van der Waals surface area contributed by atoms with Crippen molar-refractivity contribution in [2.24, 2.45) is 0 Å². The first-order valence-electron chi connectivity index (χ1n) is 5.71. The Kier molecular flexibility index (Phi) is 3.85. The molecule has 0 saturated heterocycles. The van der Waals surface area contributed by atoms with Crippen LogP contribution in [0.15, 0.2) is 36.4 Å². The molecule has 3 N–H and O–H groups in total. The first-order valence-corrected chi connectivity index (χ1v) is 5.71. The second-order valence-electron chi connectivity index (χ2n) is 4.05. The Bertz CT molecular complexity index is 588. The lowest BCUT2D eigenvalue weighted by molar-refractivity contribution is 0.414. The molecule has 2 aromatic carbocycles. The smallest absolute Gasteiger partial charge is 0.151 e. The van der Waals surface area contributed by atoms with E-state index in [9.17, 15) is 8.78 Å². The summed E-state index contributed by atoms with van der Waals surface area (Å²) in [5.41, 5.74) is 6.61. The van der Waals surface area contributed by atoms with Gasteiger partial charge in [0.1, 0.15) is 11.6 Å². The summed E-state index contributed by atoms with van der Waals surface area (Å²) < 4.78 is 31.5. The van der Waals surface area contributed by atoms with Gasteiger partial charge in [0, 0.05) is 12.6 Å². The van der Waals surface area contributed by atoms with Gasteiger partial charge in [-0.2, -0.15) is 0 Å². The fraction of sp³-hybridized carbons (Fsp3) is 0.143. The Labute approximate surface area is 110 Å². The third-order valence-electron chi connectivity index (χ3n) is 2.71. The normalized spacial score (nSPS) is 10.3. The van der Waals surface area contributed by atoms with E-state index < -0.39 is 11.6 Å². The van der Waals surface area contributed by atoms with Gasteiger partial charge in [-0.05, 0) is 23.8 Å². The molecule has 19 heavy (non-hydrogen) atoms. The minimum atomic E-state index is -0.770. The molecule has 0 heterocycles. The maximum atomic E-state index is 13.3. The van der Waals surface area contributed by atoms with Crippen molar-refractivity contribution in [3.05, 3.63) is 53.6 Å². The zero-order chi connectivity index (χ0) is 13.8. The minimum Gasteiger partial charge on any atom is -0.497 e. The van der Waals surface area contributed by atoms with Gasteiger partial charge in [0.25, 0.3) is 0 Å². The quantitative estimate of drug-likeness (QED) is 0.834. The highest BCUT2D eigenvalue weighted by atomic mass is 19.1. The number of anilines is 2. The lowest BCUT2D eigenvalue weighted by atomic mass is 10.2. The predicted molar refractivity (Wildman–Crippen MR) is 71.1 cm³/mol. The lowest BCUT2D eigenvalue weighted by Gasteiger charge is -2.11. The average Bonchev–Trinajstić information content (AvgIpc) is 2.41. The molecule has 0 aliphatic heterocycles. The van der Waals surface area contributed by atoms with Crippen LogP contribution in [0.25, 0.3) is 0 Å². The Morgan fingerprint density at radius 3 is 2.74 bits per heavy atom. The van der Waals surface area contributed by atoms with Crippen LogP contribution >= 0.6 is 0 Å². The van der Waals surface area contributed by atoms with Crippen LogP contribution < -0.4 is 15.8 Å². The highest BCUT2D eigenvalue weighted by Gasteiger charge is 2.08. The van der Waals surface area contributed by atoms with Gasteiger partial charge >= 0.3 is 0 Å². The Hall–Kier alpha value is -2.30. The number of hydrogen-bond acceptors (Lipinski definition) is 3. The van der Waals surface area contributed by atoms with Crippen molar-refractivity contribution in [2.45, 2.75) is 6.54 Å². The van der Waals surface area contributed by atoms with Crippen molar-refractivity contribution >= 4 is 11.4 Å². The molecule has 0 spiro atoms. The molecule has 0 aliphatic rings. The van der Waals surface area contributed by atoms with Crippen LogP contribution in [-0.4, -0.2) is 7.11 Å². The van der Waals surface area contributed by atoms with Crippen LogP contribution in [-0.2, 0) is 6.54 Å². The molecular formula is C14H14F2N2O. The molecule has 100 valence electrons. The van der Waals surface area contributed by atoms with Crippen LogP contribution in [0.4, 0.5) is 20.2 Å². The molecule has 0 atom stereocenters. The van der Waals surface area contributed by atoms with E-state index in [-0.39, 0.29) is 11.4 Å². The van der Waals surface area contributed by atoms with E-state index in [1.165, 1.54) is 6.07 Å². The standard InChI is InChI=1S/C14H14F2N2O/c1-19-11-4-2-3-9(5-11)8-18-13-7-10(15)6-12(16)14(13)17/h2-7,18H,8,17H2,1H3. The van der Waals surface area contributed by atoms with E-state index in [1.54, 1.807) is 7.11 Å². The highest BCUT2D eigenvalue weighted by molar-refractivity contribution is 5.66. The molecule has 0 amide bonds. The van der Waals surface area contributed by atoms with Crippen molar-refractivity contribution in [1.82, 2.24) is 0 Å². The zero-order valence-corrected chi connectivity index (χ0v) is 10.4. The molecule has 3 nitrogen and oxygen atoms in total. The molecule has 2 rings (SSSR count).